The number of nitrogens with zero attached hydrogens (tertiary/aromatic N) is 2. The van der Waals surface area contributed by atoms with Gasteiger partial charge in [0.1, 0.15) is 0 Å². The SMILES string of the molecule is CCOC(=O)C[C@@H](C)n1cc(C)cn1. The molecule has 1 heterocycles. The zero-order valence-corrected chi connectivity index (χ0v) is 8.86. The van der Waals surface area contributed by atoms with E-state index in [-0.39, 0.29) is 12.0 Å². The summed E-state index contributed by atoms with van der Waals surface area (Å²) in [6.45, 7) is 6.16. The molecule has 14 heavy (non-hydrogen) atoms. The average molecular weight is 196 g/mol. The first-order valence-electron chi connectivity index (χ1n) is 4.80. The fraction of sp³-hybridized carbons (Fsp3) is 0.600. The average Bonchev–Trinajstić information content (AvgIpc) is 2.52. The van der Waals surface area contributed by atoms with Gasteiger partial charge in [-0.25, -0.2) is 0 Å². The zero-order valence-electron chi connectivity index (χ0n) is 8.86. The van der Waals surface area contributed by atoms with E-state index in [1.54, 1.807) is 17.8 Å². The zero-order chi connectivity index (χ0) is 10.6. The summed E-state index contributed by atoms with van der Waals surface area (Å²) in [6, 6.07) is 0.0581. The van der Waals surface area contributed by atoms with Crippen LogP contribution in [0.5, 0.6) is 0 Å². The first-order chi connectivity index (χ1) is 6.63. The first-order valence-corrected chi connectivity index (χ1v) is 4.80. The number of esters is 1. The second-order valence-electron chi connectivity index (χ2n) is 3.36. The third kappa shape index (κ3) is 2.87. The van der Waals surface area contributed by atoms with Gasteiger partial charge in [0.25, 0.3) is 0 Å². The molecule has 0 spiro atoms. The Morgan fingerprint density at radius 1 is 1.71 bits per heavy atom. The van der Waals surface area contributed by atoms with E-state index in [4.69, 9.17) is 4.74 Å². The van der Waals surface area contributed by atoms with Crippen LogP contribution in [0.15, 0.2) is 12.4 Å². The lowest BCUT2D eigenvalue weighted by Crippen LogP contribution is -2.13. The van der Waals surface area contributed by atoms with Crippen LogP contribution < -0.4 is 0 Å². The number of carbonyl (C=O) groups excluding carboxylic acids is 1. The number of hydrogen-bond acceptors (Lipinski definition) is 3. The number of aryl methyl sites for hydroxylation is 1. The van der Waals surface area contributed by atoms with Crippen molar-refractivity contribution in [2.24, 2.45) is 0 Å². The van der Waals surface area contributed by atoms with Crippen LogP contribution in [-0.2, 0) is 9.53 Å². The van der Waals surface area contributed by atoms with Crippen LogP contribution in [0, 0.1) is 6.92 Å². The third-order valence-corrected chi connectivity index (χ3v) is 1.95. The van der Waals surface area contributed by atoms with Gasteiger partial charge >= 0.3 is 5.97 Å². The number of rotatable bonds is 4. The van der Waals surface area contributed by atoms with E-state index in [9.17, 15) is 4.79 Å². The van der Waals surface area contributed by atoms with E-state index in [1.807, 2.05) is 20.0 Å². The van der Waals surface area contributed by atoms with Crippen molar-refractivity contribution >= 4 is 5.97 Å². The largest absolute Gasteiger partial charge is 0.466 e. The number of aromatic nitrogens is 2. The van der Waals surface area contributed by atoms with E-state index in [0.29, 0.717) is 13.0 Å². The van der Waals surface area contributed by atoms with Crippen LogP contribution in [0.1, 0.15) is 31.9 Å². The van der Waals surface area contributed by atoms with Crippen molar-refractivity contribution in [1.29, 1.82) is 0 Å². The van der Waals surface area contributed by atoms with Gasteiger partial charge < -0.3 is 4.74 Å². The number of carbonyl (C=O) groups is 1. The van der Waals surface area contributed by atoms with E-state index < -0.39 is 0 Å². The summed E-state index contributed by atoms with van der Waals surface area (Å²) in [7, 11) is 0. The molecule has 0 saturated carbocycles. The molecule has 1 aromatic rings. The maximum absolute atomic E-state index is 11.2. The minimum absolute atomic E-state index is 0.0581. The number of hydrogen-bond donors (Lipinski definition) is 0. The molecule has 4 heteroatoms. The van der Waals surface area contributed by atoms with Gasteiger partial charge in [0.15, 0.2) is 0 Å². The Morgan fingerprint density at radius 3 is 2.93 bits per heavy atom. The Hall–Kier alpha value is -1.32. The van der Waals surface area contributed by atoms with Crippen LogP contribution in [0.4, 0.5) is 0 Å². The molecule has 0 aromatic carbocycles. The highest BCUT2D eigenvalue weighted by atomic mass is 16.5. The van der Waals surface area contributed by atoms with Crippen molar-refractivity contribution in [3.63, 3.8) is 0 Å². The summed E-state index contributed by atoms with van der Waals surface area (Å²) in [5.41, 5.74) is 1.10. The highest BCUT2D eigenvalue weighted by Crippen LogP contribution is 2.10. The van der Waals surface area contributed by atoms with Crippen molar-refractivity contribution < 1.29 is 9.53 Å². The fourth-order valence-corrected chi connectivity index (χ4v) is 1.23. The van der Waals surface area contributed by atoms with E-state index in [0.717, 1.165) is 5.56 Å². The summed E-state index contributed by atoms with van der Waals surface area (Å²) in [6.07, 6.45) is 4.07. The predicted octanol–water partition coefficient (Wildman–Crippen LogP) is 1.71. The van der Waals surface area contributed by atoms with Gasteiger partial charge in [0.2, 0.25) is 0 Å². The Labute approximate surface area is 83.9 Å². The summed E-state index contributed by atoms with van der Waals surface area (Å²) in [4.78, 5) is 11.2. The third-order valence-electron chi connectivity index (χ3n) is 1.95. The molecule has 78 valence electrons. The normalized spacial score (nSPS) is 12.5. The van der Waals surface area contributed by atoms with Gasteiger partial charge in [-0.05, 0) is 26.3 Å². The second-order valence-corrected chi connectivity index (χ2v) is 3.36. The Kier molecular flexibility index (Phi) is 3.68. The second kappa shape index (κ2) is 4.79. The molecule has 1 atom stereocenters. The van der Waals surface area contributed by atoms with Crippen LogP contribution >= 0.6 is 0 Å². The van der Waals surface area contributed by atoms with E-state index >= 15 is 0 Å². The van der Waals surface area contributed by atoms with Crippen molar-refractivity contribution in [1.82, 2.24) is 9.78 Å². The molecule has 0 saturated heterocycles. The molecule has 0 aliphatic heterocycles. The standard InChI is InChI=1S/C10H16N2O2/c1-4-14-10(13)5-9(3)12-7-8(2)6-11-12/h6-7,9H,4-5H2,1-3H3/t9-/m1/s1. The molecule has 0 aliphatic rings. The quantitative estimate of drug-likeness (QED) is 0.688. The lowest BCUT2D eigenvalue weighted by molar-refractivity contribution is -0.143. The van der Waals surface area contributed by atoms with Gasteiger partial charge in [0.05, 0.1) is 25.3 Å². The molecular formula is C10H16N2O2. The minimum Gasteiger partial charge on any atom is -0.466 e. The lowest BCUT2D eigenvalue weighted by atomic mass is 10.2. The molecule has 0 unspecified atom stereocenters. The molecule has 4 nitrogen and oxygen atoms in total. The van der Waals surface area contributed by atoms with Gasteiger partial charge in [-0.1, -0.05) is 0 Å². The lowest BCUT2D eigenvalue weighted by Gasteiger charge is -2.10. The van der Waals surface area contributed by atoms with Crippen molar-refractivity contribution in [3.05, 3.63) is 18.0 Å². The van der Waals surface area contributed by atoms with Crippen molar-refractivity contribution in [2.45, 2.75) is 33.2 Å². The van der Waals surface area contributed by atoms with Crippen molar-refractivity contribution in [3.8, 4) is 0 Å². The summed E-state index contributed by atoms with van der Waals surface area (Å²) >= 11 is 0. The van der Waals surface area contributed by atoms with Crippen LogP contribution in [0.25, 0.3) is 0 Å². The monoisotopic (exact) mass is 196 g/mol. The highest BCUT2D eigenvalue weighted by molar-refractivity contribution is 5.69. The molecule has 0 amide bonds. The predicted molar refractivity (Wildman–Crippen MR) is 52.9 cm³/mol. The van der Waals surface area contributed by atoms with Gasteiger partial charge in [-0.3, -0.25) is 9.48 Å². The van der Waals surface area contributed by atoms with Crippen LogP contribution in [0.3, 0.4) is 0 Å². The number of ether oxygens (including phenoxy) is 1. The van der Waals surface area contributed by atoms with Gasteiger partial charge in [-0.2, -0.15) is 5.10 Å². The molecule has 0 fully saturated rings. The van der Waals surface area contributed by atoms with Gasteiger partial charge in [-0.15, -0.1) is 0 Å². The summed E-state index contributed by atoms with van der Waals surface area (Å²) in [5.74, 6) is -0.173. The Morgan fingerprint density at radius 2 is 2.43 bits per heavy atom. The molecule has 1 aromatic heterocycles. The Bertz CT molecular complexity index is 307. The van der Waals surface area contributed by atoms with E-state index in [2.05, 4.69) is 5.10 Å². The maximum atomic E-state index is 11.2. The maximum Gasteiger partial charge on any atom is 0.307 e. The molecule has 1 rings (SSSR count). The Balaban J connectivity index is 2.50. The first kappa shape index (κ1) is 10.8. The van der Waals surface area contributed by atoms with Crippen LogP contribution in [0.2, 0.25) is 0 Å². The molecule has 0 bridgehead atoms. The smallest absolute Gasteiger partial charge is 0.307 e. The molecule has 0 radical (unpaired) electrons. The molecule has 0 aliphatic carbocycles. The van der Waals surface area contributed by atoms with Crippen molar-refractivity contribution in [2.75, 3.05) is 6.61 Å². The molecule has 0 N–H and O–H groups in total. The topological polar surface area (TPSA) is 44.1 Å². The van der Waals surface area contributed by atoms with Gasteiger partial charge in [0, 0.05) is 6.20 Å². The van der Waals surface area contributed by atoms with Crippen LogP contribution in [-0.4, -0.2) is 22.4 Å². The fourth-order valence-electron chi connectivity index (χ4n) is 1.23. The minimum atomic E-state index is -0.173. The summed E-state index contributed by atoms with van der Waals surface area (Å²) < 4.78 is 6.64. The van der Waals surface area contributed by atoms with E-state index in [1.165, 1.54) is 0 Å². The highest BCUT2D eigenvalue weighted by Gasteiger charge is 2.11. The summed E-state index contributed by atoms with van der Waals surface area (Å²) in [5, 5.41) is 4.14. The molecular weight excluding hydrogens is 180 g/mol.